The predicted octanol–water partition coefficient (Wildman–Crippen LogP) is -0.728. The molecular formula is C6H17N3. The second-order valence-electron chi connectivity index (χ2n) is 2.16. The van der Waals surface area contributed by atoms with Crippen LogP contribution in [0, 0.1) is 0 Å². The van der Waals surface area contributed by atoms with Gasteiger partial charge in [-0.15, -0.1) is 0 Å². The van der Waals surface area contributed by atoms with Crippen LogP contribution in [0.25, 0.3) is 0 Å². The van der Waals surface area contributed by atoms with E-state index in [1.54, 1.807) is 0 Å². The quantitative estimate of drug-likeness (QED) is 0.431. The zero-order chi connectivity index (χ0) is 7.11. The van der Waals surface area contributed by atoms with Gasteiger partial charge in [-0.2, -0.15) is 0 Å². The molecule has 3 heteroatoms. The lowest BCUT2D eigenvalue weighted by Crippen LogP contribution is -2.35. The highest BCUT2D eigenvalue weighted by Crippen LogP contribution is 1.80. The summed E-state index contributed by atoms with van der Waals surface area (Å²) in [6.45, 7) is 4.52. The van der Waals surface area contributed by atoms with Gasteiger partial charge in [-0.3, -0.25) is 0 Å². The van der Waals surface area contributed by atoms with Gasteiger partial charge >= 0.3 is 0 Å². The van der Waals surface area contributed by atoms with Crippen molar-refractivity contribution in [2.45, 2.75) is 19.4 Å². The molecule has 0 aromatic heterocycles. The summed E-state index contributed by atoms with van der Waals surface area (Å²) in [5, 5.41) is 3.14. The van der Waals surface area contributed by atoms with Crippen LogP contribution in [0.1, 0.15) is 13.3 Å². The topological polar surface area (TPSA) is 64.1 Å². The van der Waals surface area contributed by atoms with E-state index in [9.17, 15) is 0 Å². The number of hydrogen-bond acceptors (Lipinski definition) is 3. The van der Waals surface area contributed by atoms with Gasteiger partial charge in [-0.25, -0.2) is 0 Å². The minimum absolute atomic E-state index is 0.288. The highest BCUT2D eigenvalue weighted by molar-refractivity contribution is 4.61. The van der Waals surface area contributed by atoms with Crippen molar-refractivity contribution < 1.29 is 0 Å². The molecule has 1 atom stereocenters. The molecule has 0 saturated heterocycles. The molecule has 1 unspecified atom stereocenters. The van der Waals surface area contributed by atoms with Gasteiger partial charge in [-0.05, 0) is 6.42 Å². The molecule has 0 spiro atoms. The molecule has 0 fully saturated rings. The fourth-order valence-electron chi connectivity index (χ4n) is 0.534. The first-order chi connectivity index (χ1) is 4.31. The van der Waals surface area contributed by atoms with E-state index < -0.39 is 0 Å². The van der Waals surface area contributed by atoms with Crippen LogP contribution in [0.3, 0.4) is 0 Å². The molecule has 3 nitrogen and oxygen atoms in total. The highest BCUT2D eigenvalue weighted by Gasteiger charge is 1.94. The first kappa shape index (κ1) is 8.88. The zero-order valence-electron chi connectivity index (χ0n) is 6.06. The number of hydrogen-bond donors (Lipinski definition) is 3. The van der Waals surface area contributed by atoms with Crippen LogP contribution in [0.15, 0.2) is 0 Å². The van der Waals surface area contributed by atoms with E-state index in [1.807, 2.05) is 0 Å². The molecule has 0 bridgehead atoms. The molecule has 0 aliphatic carbocycles. The summed E-state index contributed by atoms with van der Waals surface area (Å²) in [5.41, 5.74) is 10.9. The summed E-state index contributed by atoms with van der Waals surface area (Å²) < 4.78 is 0. The zero-order valence-corrected chi connectivity index (χ0v) is 6.06. The Bertz CT molecular complexity index is 56.3. The van der Waals surface area contributed by atoms with Crippen molar-refractivity contribution in [3.8, 4) is 0 Å². The van der Waals surface area contributed by atoms with Gasteiger partial charge < -0.3 is 16.8 Å². The van der Waals surface area contributed by atoms with Gasteiger partial charge in [0.1, 0.15) is 0 Å². The Kier molecular flexibility index (Phi) is 5.93. The van der Waals surface area contributed by atoms with Crippen molar-refractivity contribution in [1.29, 1.82) is 0 Å². The fourth-order valence-corrected chi connectivity index (χ4v) is 0.534. The van der Waals surface area contributed by atoms with E-state index in [2.05, 4.69) is 12.2 Å². The number of nitrogens with two attached hydrogens (primary N) is 2. The maximum atomic E-state index is 5.61. The SMILES string of the molecule is CCC(N)CNCCN. The molecule has 9 heavy (non-hydrogen) atoms. The minimum Gasteiger partial charge on any atom is -0.329 e. The molecule has 0 aromatic carbocycles. The molecule has 56 valence electrons. The van der Waals surface area contributed by atoms with Crippen LogP contribution in [0.5, 0.6) is 0 Å². The third-order valence-corrected chi connectivity index (χ3v) is 1.25. The second-order valence-corrected chi connectivity index (χ2v) is 2.16. The standard InChI is InChI=1S/C6H17N3/c1-2-6(8)5-9-4-3-7/h6,9H,2-5,7-8H2,1H3. The summed E-state index contributed by atoms with van der Waals surface area (Å²) in [7, 11) is 0. The van der Waals surface area contributed by atoms with E-state index in [0.717, 1.165) is 19.5 Å². The maximum Gasteiger partial charge on any atom is 0.0162 e. The first-order valence-electron chi connectivity index (χ1n) is 3.47. The van der Waals surface area contributed by atoms with E-state index in [-0.39, 0.29) is 6.04 Å². The lowest BCUT2D eigenvalue weighted by molar-refractivity contribution is 0.568. The molecule has 0 radical (unpaired) electrons. The second kappa shape index (κ2) is 6.01. The van der Waals surface area contributed by atoms with Crippen LogP contribution in [0.4, 0.5) is 0 Å². The Morgan fingerprint density at radius 2 is 2.22 bits per heavy atom. The maximum absolute atomic E-state index is 5.61. The summed E-state index contributed by atoms with van der Waals surface area (Å²) in [5.74, 6) is 0. The van der Waals surface area contributed by atoms with Crippen LogP contribution in [-0.4, -0.2) is 25.7 Å². The third-order valence-electron chi connectivity index (χ3n) is 1.25. The largest absolute Gasteiger partial charge is 0.329 e. The summed E-state index contributed by atoms with van der Waals surface area (Å²) >= 11 is 0. The fraction of sp³-hybridized carbons (Fsp3) is 1.00. The van der Waals surface area contributed by atoms with Crippen molar-refractivity contribution >= 4 is 0 Å². The molecular weight excluding hydrogens is 114 g/mol. The summed E-state index contributed by atoms with van der Waals surface area (Å²) in [6, 6.07) is 0.288. The summed E-state index contributed by atoms with van der Waals surface area (Å²) in [6.07, 6.45) is 1.03. The monoisotopic (exact) mass is 131 g/mol. The van der Waals surface area contributed by atoms with Crippen LogP contribution >= 0.6 is 0 Å². The molecule has 5 N–H and O–H groups in total. The lowest BCUT2D eigenvalue weighted by atomic mass is 10.2. The van der Waals surface area contributed by atoms with Gasteiger partial charge in [0, 0.05) is 25.7 Å². The molecule has 0 aliphatic heterocycles. The Hall–Kier alpha value is -0.120. The van der Waals surface area contributed by atoms with Crippen molar-refractivity contribution in [2.24, 2.45) is 11.5 Å². The average molecular weight is 131 g/mol. The lowest BCUT2D eigenvalue weighted by Gasteiger charge is -2.08. The molecule has 0 aromatic rings. The third kappa shape index (κ3) is 5.76. The smallest absolute Gasteiger partial charge is 0.0162 e. The van der Waals surface area contributed by atoms with Crippen LogP contribution < -0.4 is 16.8 Å². The molecule has 0 amide bonds. The Labute approximate surface area is 56.8 Å². The van der Waals surface area contributed by atoms with E-state index in [0.29, 0.717) is 6.54 Å². The Morgan fingerprint density at radius 1 is 1.56 bits per heavy atom. The first-order valence-corrected chi connectivity index (χ1v) is 3.47. The Balaban J connectivity index is 2.88. The summed E-state index contributed by atoms with van der Waals surface area (Å²) in [4.78, 5) is 0. The van der Waals surface area contributed by atoms with E-state index in [1.165, 1.54) is 0 Å². The van der Waals surface area contributed by atoms with E-state index >= 15 is 0 Å². The van der Waals surface area contributed by atoms with Gasteiger partial charge in [0.15, 0.2) is 0 Å². The molecule has 0 aliphatic rings. The van der Waals surface area contributed by atoms with Gasteiger partial charge in [0.05, 0.1) is 0 Å². The van der Waals surface area contributed by atoms with Crippen LogP contribution in [0.2, 0.25) is 0 Å². The van der Waals surface area contributed by atoms with Gasteiger partial charge in [0.25, 0.3) is 0 Å². The average Bonchev–Trinajstić information content (AvgIpc) is 1.89. The predicted molar refractivity (Wildman–Crippen MR) is 40.2 cm³/mol. The Morgan fingerprint density at radius 3 is 2.67 bits per heavy atom. The van der Waals surface area contributed by atoms with Crippen LogP contribution in [-0.2, 0) is 0 Å². The van der Waals surface area contributed by atoms with Crippen molar-refractivity contribution in [3.05, 3.63) is 0 Å². The number of rotatable bonds is 5. The normalized spacial score (nSPS) is 13.7. The van der Waals surface area contributed by atoms with Gasteiger partial charge in [0.2, 0.25) is 0 Å². The van der Waals surface area contributed by atoms with Crippen molar-refractivity contribution in [2.75, 3.05) is 19.6 Å². The molecule has 0 heterocycles. The number of nitrogens with one attached hydrogen (secondary N) is 1. The molecule has 0 saturated carbocycles. The van der Waals surface area contributed by atoms with Gasteiger partial charge in [-0.1, -0.05) is 6.92 Å². The van der Waals surface area contributed by atoms with E-state index in [4.69, 9.17) is 11.5 Å². The molecule has 0 rings (SSSR count). The van der Waals surface area contributed by atoms with Crippen molar-refractivity contribution in [3.63, 3.8) is 0 Å². The minimum atomic E-state index is 0.288. The highest BCUT2D eigenvalue weighted by atomic mass is 14.9. The van der Waals surface area contributed by atoms with Crippen molar-refractivity contribution in [1.82, 2.24) is 5.32 Å².